The van der Waals surface area contributed by atoms with Crippen LogP contribution in [0.2, 0.25) is 0 Å². The molecule has 0 saturated carbocycles. The average Bonchev–Trinajstić information content (AvgIpc) is 3.07. The van der Waals surface area contributed by atoms with Gasteiger partial charge in [0.05, 0.1) is 17.7 Å². The molecule has 1 N–H and O–H groups in total. The fourth-order valence-electron chi connectivity index (χ4n) is 3.07. The summed E-state index contributed by atoms with van der Waals surface area (Å²) in [6, 6.07) is 11.7. The van der Waals surface area contributed by atoms with Gasteiger partial charge in [-0.25, -0.2) is 8.42 Å². The molecular weight excluding hydrogens is 352 g/mol. The van der Waals surface area contributed by atoms with Crippen molar-refractivity contribution in [1.82, 2.24) is 0 Å². The standard InChI is InChI=1S/C19H22N2O4S/c1-3-14-12-17(9-10-18(14)25-2)26(23,24)20-15-6-4-7-16(13-15)21-11-5-8-19(21)22/h4,6-7,9-10,12-13,20H,3,5,8,11H2,1-2H3. The van der Waals surface area contributed by atoms with Gasteiger partial charge in [-0.1, -0.05) is 13.0 Å². The van der Waals surface area contributed by atoms with Gasteiger partial charge in [-0.15, -0.1) is 0 Å². The van der Waals surface area contributed by atoms with Crippen molar-refractivity contribution >= 4 is 27.3 Å². The highest BCUT2D eigenvalue weighted by molar-refractivity contribution is 7.92. The fourth-order valence-corrected chi connectivity index (χ4v) is 4.17. The molecule has 2 aromatic carbocycles. The number of rotatable bonds is 6. The number of benzene rings is 2. The maximum atomic E-state index is 12.7. The highest BCUT2D eigenvalue weighted by atomic mass is 32.2. The minimum Gasteiger partial charge on any atom is -0.496 e. The van der Waals surface area contributed by atoms with E-state index >= 15 is 0 Å². The van der Waals surface area contributed by atoms with Crippen molar-refractivity contribution < 1.29 is 17.9 Å². The number of ether oxygens (including phenoxy) is 1. The smallest absolute Gasteiger partial charge is 0.261 e. The molecule has 0 atom stereocenters. The second-order valence-electron chi connectivity index (χ2n) is 6.13. The number of carbonyl (C=O) groups is 1. The molecule has 1 amide bonds. The largest absolute Gasteiger partial charge is 0.496 e. The number of aryl methyl sites for hydroxylation is 1. The van der Waals surface area contributed by atoms with Crippen LogP contribution >= 0.6 is 0 Å². The second-order valence-corrected chi connectivity index (χ2v) is 7.81. The third-order valence-corrected chi connectivity index (χ3v) is 5.81. The number of hydrogen-bond acceptors (Lipinski definition) is 4. The van der Waals surface area contributed by atoms with Gasteiger partial charge < -0.3 is 9.64 Å². The molecule has 138 valence electrons. The Balaban J connectivity index is 1.87. The summed E-state index contributed by atoms with van der Waals surface area (Å²) in [5.74, 6) is 0.730. The Hall–Kier alpha value is -2.54. The molecule has 6 nitrogen and oxygen atoms in total. The Kier molecular flexibility index (Phi) is 5.18. The number of nitrogens with one attached hydrogen (secondary N) is 1. The number of sulfonamides is 1. The predicted molar refractivity (Wildman–Crippen MR) is 101 cm³/mol. The summed E-state index contributed by atoms with van der Waals surface area (Å²) < 4.78 is 33.3. The normalized spacial score (nSPS) is 14.5. The molecule has 1 fully saturated rings. The van der Waals surface area contributed by atoms with E-state index in [1.54, 1.807) is 42.3 Å². The van der Waals surface area contributed by atoms with E-state index in [1.807, 2.05) is 13.0 Å². The molecule has 0 bridgehead atoms. The molecule has 3 rings (SSSR count). The predicted octanol–water partition coefficient (Wildman–Crippen LogP) is 3.19. The van der Waals surface area contributed by atoms with Gasteiger partial charge in [-0.3, -0.25) is 9.52 Å². The van der Waals surface area contributed by atoms with Gasteiger partial charge in [-0.2, -0.15) is 0 Å². The molecule has 7 heteroatoms. The van der Waals surface area contributed by atoms with Crippen LogP contribution in [0, 0.1) is 0 Å². The van der Waals surface area contributed by atoms with Crippen molar-refractivity contribution in [3.8, 4) is 5.75 Å². The lowest BCUT2D eigenvalue weighted by atomic mass is 10.1. The van der Waals surface area contributed by atoms with E-state index in [-0.39, 0.29) is 10.8 Å². The maximum absolute atomic E-state index is 12.7. The van der Waals surface area contributed by atoms with Gasteiger partial charge in [0, 0.05) is 18.7 Å². The van der Waals surface area contributed by atoms with Crippen LogP contribution < -0.4 is 14.4 Å². The quantitative estimate of drug-likeness (QED) is 0.843. The number of carbonyl (C=O) groups excluding carboxylic acids is 1. The first kappa shape index (κ1) is 18.3. The first-order valence-corrected chi connectivity index (χ1v) is 10.0. The monoisotopic (exact) mass is 374 g/mol. The Morgan fingerprint density at radius 3 is 2.65 bits per heavy atom. The van der Waals surface area contributed by atoms with E-state index in [2.05, 4.69) is 4.72 Å². The molecule has 26 heavy (non-hydrogen) atoms. The lowest BCUT2D eigenvalue weighted by molar-refractivity contribution is -0.117. The minimum absolute atomic E-state index is 0.0627. The van der Waals surface area contributed by atoms with Gasteiger partial charge >= 0.3 is 0 Å². The van der Waals surface area contributed by atoms with E-state index in [4.69, 9.17) is 4.74 Å². The Bertz CT molecular complexity index is 925. The van der Waals surface area contributed by atoms with Gasteiger partial charge in [-0.05, 0) is 54.8 Å². The molecule has 0 radical (unpaired) electrons. The Morgan fingerprint density at radius 2 is 2.00 bits per heavy atom. The van der Waals surface area contributed by atoms with Gasteiger partial charge in [0.2, 0.25) is 5.91 Å². The molecular formula is C19H22N2O4S. The zero-order valence-electron chi connectivity index (χ0n) is 14.9. The molecule has 0 aromatic heterocycles. The number of hydrogen-bond donors (Lipinski definition) is 1. The van der Waals surface area contributed by atoms with Crippen molar-refractivity contribution in [2.45, 2.75) is 31.1 Å². The molecule has 1 aliphatic rings. The molecule has 0 unspecified atom stereocenters. The molecule has 1 heterocycles. The van der Waals surface area contributed by atoms with Crippen LogP contribution in [-0.4, -0.2) is 28.0 Å². The van der Waals surface area contributed by atoms with Gasteiger partial charge in [0.15, 0.2) is 0 Å². The number of amides is 1. The summed E-state index contributed by atoms with van der Waals surface area (Å²) >= 11 is 0. The van der Waals surface area contributed by atoms with E-state index in [0.29, 0.717) is 36.5 Å². The van der Waals surface area contributed by atoms with Crippen LogP contribution in [0.3, 0.4) is 0 Å². The van der Waals surface area contributed by atoms with Crippen LogP contribution in [-0.2, 0) is 21.2 Å². The fraction of sp³-hybridized carbons (Fsp3) is 0.316. The number of nitrogens with zero attached hydrogens (tertiary/aromatic N) is 1. The topological polar surface area (TPSA) is 75.7 Å². The zero-order chi connectivity index (χ0) is 18.7. The van der Waals surface area contributed by atoms with E-state index in [0.717, 1.165) is 12.0 Å². The highest BCUT2D eigenvalue weighted by Crippen LogP contribution is 2.27. The zero-order valence-corrected chi connectivity index (χ0v) is 15.7. The summed E-state index contributed by atoms with van der Waals surface area (Å²) in [5, 5.41) is 0. The van der Waals surface area contributed by atoms with Crippen LogP contribution in [0.15, 0.2) is 47.4 Å². The summed E-state index contributed by atoms with van der Waals surface area (Å²) in [6.07, 6.45) is 2.01. The summed E-state index contributed by atoms with van der Waals surface area (Å²) in [7, 11) is -2.17. The van der Waals surface area contributed by atoms with E-state index in [9.17, 15) is 13.2 Å². The third kappa shape index (κ3) is 3.67. The summed E-state index contributed by atoms with van der Waals surface area (Å²) in [4.78, 5) is 13.8. The van der Waals surface area contributed by atoms with Crippen LogP contribution in [0.4, 0.5) is 11.4 Å². The van der Waals surface area contributed by atoms with E-state index in [1.165, 1.54) is 6.07 Å². The lowest BCUT2D eigenvalue weighted by Crippen LogP contribution is -2.23. The number of anilines is 2. The summed E-state index contributed by atoms with van der Waals surface area (Å²) in [6.45, 7) is 2.60. The number of methoxy groups -OCH3 is 1. The van der Waals surface area contributed by atoms with Gasteiger partial charge in [0.1, 0.15) is 5.75 Å². The summed E-state index contributed by atoms with van der Waals surface area (Å²) in [5.41, 5.74) is 1.96. The van der Waals surface area contributed by atoms with Crippen molar-refractivity contribution in [1.29, 1.82) is 0 Å². The minimum atomic E-state index is -3.73. The van der Waals surface area contributed by atoms with Gasteiger partial charge in [0.25, 0.3) is 10.0 Å². The van der Waals surface area contributed by atoms with Crippen molar-refractivity contribution in [3.63, 3.8) is 0 Å². The molecule has 1 saturated heterocycles. The molecule has 0 aliphatic carbocycles. The SMILES string of the molecule is CCc1cc(S(=O)(=O)Nc2cccc(N3CCCC3=O)c2)ccc1OC. The molecule has 0 spiro atoms. The molecule has 2 aromatic rings. The first-order valence-electron chi connectivity index (χ1n) is 8.55. The van der Waals surface area contributed by atoms with Crippen LogP contribution in [0.25, 0.3) is 0 Å². The van der Waals surface area contributed by atoms with E-state index < -0.39 is 10.0 Å². The third-order valence-electron chi connectivity index (χ3n) is 4.43. The Morgan fingerprint density at radius 1 is 1.19 bits per heavy atom. The van der Waals surface area contributed by atoms with Crippen molar-refractivity contribution in [2.75, 3.05) is 23.3 Å². The maximum Gasteiger partial charge on any atom is 0.261 e. The van der Waals surface area contributed by atoms with Crippen molar-refractivity contribution in [3.05, 3.63) is 48.0 Å². The second kappa shape index (κ2) is 7.37. The van der Waals surface area contributed by atoms with Crippen LogP contribution in [0.5, 0.6) is 5.75 Å². The highest BCUT2D eigenvalue weighted by Gasteiger charge is 2.22. The molecule has 1 aliphatic heterocycles. The lowest BCUT2D eigenvalue weighted by Gasteiger charge is -2.17. The van der Waals surface area contributed by atoms with Crippen molar-refractivity contribution in [2.24, 2.45) is 0 Å². The van der Waals surface area contributed by atoms with Crippen LogP contribution in [0.1, 0.15) is 25.3 Å². The first-order chi connectivity index (χ1) is 12.4. The average molecular weight is 374 g/mol. The Labute approximate surface area is 153 Å².